The summed E-state index contributed by atoms with van der Waals surface area (Å²) in [7, 11) is 0. The monoisotopic (exact) mass is 564 g/mol. The molecule has 12 heteroatoms. The molecule has 0 radical (unpaired) electrons. The molecule has 3 atom stereocenters. The van der Waals surface area contributed by atoms with Crippen molar-refractivity contribution >= 4 is 35.4 Å². The van der Waals surface area contributed by atoms with Crippen LogP contribution in [0.4, 0.5) is 11.8 Å². The molecule has 41 heavy (non-hydrogen) atoms. The van der Waals surface area contributed by atoms with E-state index in [0.29, 0.717) is 63.0 Å². The summed E-state index contributed by atoms with van der Waals surface area (Å²) in [6, 6.07) is 9.07. The van der Waals surface area contributed by atoms with Crippen molar-refractivity contribution in [3.05, 3.63) is 47.7 Å². The zero-order valence-corrected chi connectivity index (χ0v) is 24.1. The summed E-state index contributed by atoms with van der Waals surface area (Å²) in [6.07, 6.45) is 0.787. The second-order valence-electron chi connectivity index (χ2n) is 10.9. The van der Waals surface area contributed by atoms with E-state index in [1.165, 1.54) is 0 Å². The Kier molecular flexibility index (Phi) is 9.74. The van der Waals surface area contributed by atoms with Gasteiger partial charge >= 0.3 is 0 Å². The van der Waals surface area contributed by atoms with E-state index in [2.05, 4.69) is 21.3 Å². The second kappa shape index (κ2) is 13.4. The topological polar surface area (TPSA) is 149 Å². The van der Waals surface area contributed by atoms with Crippen LogP contribution in [0.1, 0.15) is 39.0 Å². The maximum absolute atomic E-state index is 13.7. The SMILES string of the molecule is CC(=O)N1CCN(c2nc3cc(n2)N[C@@H](Cc2ccccc2)C(=O)N[C@H](C(C)C)C(=O)N[C@@H](C)C(=O)NCC3)CC1. The number of amides is 4. The minimum absolute atomic E-state index is 0.0337. The van der Waals surface area contributed by atoms with Crippen molar-refractivity contribution in [2.24, 2.45) is 5.92 Å². The number of nitrogens with one attached hydrogen (secondary N) is 4. The lowest BCUT2D eigenvalue weighted by atomic mass is 10.0. The minimum atomic E-state index is -0.836. The van der Waals surface area contributed by atoms with Crippen LogP contribution in [0.3, 0.4) is 0 Å². The zero-order valence-electron chi connectivity index (χ0n) is 24.1. The van der Waals surface area contributed by atoms with E-state index >= 15 is 0 Å². The highest BCUT2D eigenvalue weighted by atomic mass is 16.2. The Morgan fingerprint density at radius 1 is 0.951 bits per heavy atom. The molecule has 1 aromatic heterocycles. The number of carbonyl (C=O) groups excluding carboxylic acids is 4. The zero-order chi connectivity index (χ0) is 29.5. The predicted octanol–water partition coefficient (Wildman–Crippen LogP) is 0.486. The molecule has 1 aromatic carbocycles. The first-order chi connectivity index (χ1) is 19.6. The van der Waals surface area contributed by atoms with Crippen molar-refractivity contribution < 1.29 is 19.2 Å². The van der Waals surface area contributed by atoms with Crippen LogP contribution < -0.4 is 26.2 Å². The molecule has 2 aliphatic rings. The minimum Gasteiger partial charge on any atom is -0.358 e. The van der Waals surface area contributed by atoms with E-state index in [9.17, 15) is 19.2 Å². The van der Waals surface area contributed by atoms with Gasteiger partial charge in [-0.3, -0.25) is 19.2 Å². The van der Waals surface area contributed by atoms with E-state index in [1.807, 2.05) is 49.1 Å². The first-order valence-corrected chi connectivity index (χ1v) is 14.2. The fourth-order valence-electron chi connectivity index (χ4n) is 4.91. The average Bonchev–Trinajstić information content (AvgIpc) is 2.95. The molecule has 4 rings (SSSR count). The molecule has 1 fully saturated rings. The van der Waals surface area contributed by atoms with Gasteiger partial charge in [0.05, 0.1) is 0 Å². The Bertz CT molecular complexity index is 1250. The van der Waals surface area contributed by atoms with Crippen LogP contribution >= 0.6 is 0 Å². The van der Waals surface area contributed by atoms with Gasteiger partial charge in [0.15, 0.2) is 0 Å². The largest absolute Gasteiger partial charge is 0.358 e. The van der Waals surface area contributed by atoms with E-state index in [-0.39, 0.29) is 23.6 Å². The van der Waals surface area contributed by atoms with Gasteiger partial charge in [-0.15, -0.1) is 0 Å². The quantitative estimate of drug-likeness (QED) is 0.419. The summed E-state index contributed by atoms with van der Waals surface area (Å²) in [6.45, 7) is 9.47. The van der Waals surface area contributed by atoms with Gasteiger partial charge in [0.25, 0.3) is 0 Å². The van der Waals surface area contributed by atoms with Crippen molar-refractivity contribution in [2.75, 3.05) is 42.9 Å². The Labute approximate surface area is 240 Å². The normalized spacial score (nSPS) is 22.6. The van der Waals surface area contributed by atoms with Crippen molar-refractivity contribution in [2.45, 2.75) is 58.7 Å². The van der Waals surface area contributed by atoms with Gasteiger partial charge < -0.3 is 31.1 Å². The molecule has 2 aromatic rings. The van der Waals surface area contributed by atoms with Crippen LogP contribution in [0, 0.1) is 5.92 Å². The van der Waals surface area contributed by atoms with Crippen LogP contribution in [-0.4, -0.2) is 89.3 Å². The maximum Gasteiger partial charge on any atom is 0.243 e. The number of hydrogen-bond acceptors (Lipinski definition) is 8. The van der Waals surface area contributed by atoms with Crippen LogP contribution in [-0.2, 0) is 32.0 Å². The smallest absolute Gasteiger partial charge is 0.243 e. The molecule has 1 saturated heterocycles. The molecule has 4 N–H and O–H groups in total. The van der Waals surface area contributed by atoms with Crippen LogP contribution in [0.25, 0.3) is 0 Å². The number of carbonyl (C=O) groups is 4. The van der Waals surface area contributed by atoms with Gasteiger partial charge in [-0.1, -0.05) is 44.2 Å². The Morgan fingerprint density at radius 2 is 1.66 bits per heavy atom. The van der Waals surface area contributed by atoms with E-state index in [4.69, 9.17) is 9.97 Å². The van der Waals surface area contributed by atoms with Crippen molar-refractivity contribution in [1.29, 1.82) is 0 Å². The van der Waals surface area contributed by atoms with Crippen LogP contribution in [0.2, 0.25) is 0 Å². The summed E-state index contributed by atoms with van der Waals surface area (Å²) in [4.78, 5) is 64.7. The summed E-state index contributed by atoms with van der Waals surface area (Å²) < 4.78 is 0. The van der Waals surface area contributed by atoms with Crippen LogP contribution in [0.5, 0.6) is 0 Å². The first kappa shape index (κ1) is 29.8. The lowest BCUT2D eigenvalue weighted by Crippen LogP contribution is -2.56. The summed E-state index contributed by atoms with van der Waals surface area (Å²) in [5, 5.41) is 11.8. The van der Waals surface area contributed by atoms with E-state index in [0.717, 1.165) is 5.56 Å². The van der Waals surface area contributed by atoms with Crippen molar-refractivity contribution in [1.82, 2.24) is 30.8 Å². The Balaban J connectivity index is 1.68. The average molecular weight is 565 g/mol. The van der Waals surface area contributed by atoms with Crippen LogP contribution in [0.15, 0.2) is 36.4 Å². The summed E-state index contributed by atoms with van der Waals surface area (Å²) in [5.74, 6) is -0.317. The third kappa shape index (κ3) is 7.92. The molecule has 0 saturated carbocycles. The highest BCUT2D eigenvalue weighted by Gasteiger charge is 2.31. The van der Waals surface area contributed by atoms with Gasteiger partial charge in [0.1, 0.15) is 23.9 Å². The Morgan fingerprint density at radius 3 is 2.32 bits per heavy atom. The van der Waals surface area contributed by atoms with Gasteiger partial charge in [-0.05, 0) is 18.4 Å². The van der Waals surface area contributed by atoms with E-state index < -0.39 is 24.0 Å². The van der Waals surface area contributed by atoms with Crippen molar-refractivity contribution in [3.8, 4) is 0 Å². The summed E-state index contributed by atoms with van der Waals surface area (Å²) >= 11 is 0. The van der Waals surface area contributed by atoms with Gasteiger partial charge in [-0.2, -0.15) is 4.98 Å². The number of piperazine rings is 1. The number of rotatable bonds is 4. The van der Waals surface area contributed by atoms with Gasteiger partial charge in [-0.25, -0.2) is 4.98 Å². The highest BCUT2D eigenvalue weighted by Crippen LogP contribution is 2.19. The Hall–Kier alpha value is -4.22. The number of benzene rings is 1. The number of anilines is 2. The summed E-state index contributed by atoms with van der Waals surface area (Å²) in [5.41, 5.74) is 1.64. The maximum atomic E-state index is 13.7. The fourth-order valence-corrected chi connectivity index (χ4v) is 4.91. The predicted molar refractivity (Wildman–Crippen MR) is 155 cm³/mol. The van der Waals surface area contributed by atoms with E-state index in [1.54, 1.807) is 24.8 Å². The molecular weight excluding hydrogens is 524 g/mol. The van der Waals surface area contributed by atoms with Gasteiger partial charge in [0.2, 0.25) is 29.6 Å². The molecule has 0 spiro atoms. The molecule has 3 heterocycles. The molecule has 2 bridgehead atoms. The molecule has 0 aliphatic carbocycles. The lowest BCUT2D eigenvalue weighted by molar-refractivity contribution is -0.132. The third-order valence-electron chi connectivity index (χ3n) is 7.38. The molecule has 12 nitrogen and oxygen atoms in total. The fraction of sp³-hybridized carbons (Fsp3) is 0.517. The molecule has 0 unspecified atom stereocenters. The number of nitrogens with zero attached hydrogens (tertiary/aromatic N) is 4. The number of fused-ring (bicyclic) bond motifs is 2. The molecule has 4 amide bonds. The molecule has 220 valence electrons. The van der Waals surface area contributed by atoms with Crippen molar-refractivity contribution in [3.63, 3.8) is 0 Å². The lowest BCUT2D eigenvalue weighted by Gasteiger charge is -2.34. The number of aromatic nitrogens is 2. The first-order valence-electron chi connectivity index (χ1n) is 14.2. The third-order valence-corrected chi connectivity index (χ3v) is 7.38. The standard InChI is InChI=1S/C29H40N8O4/c1-18(2)25-28(41)31-19(3)26(39)30-11-10-22-17-24(33-23(27(40)35-25)16-21-8-6-5-7-9-21)34-29(32-22)37-14-12-36(13-15-37)20(4)38/h5-9,17-19,23,25H,10-16H2,1-4H3,(H,30,39)(H,31,41)(H,35,40)(H,32,33,34)/t19-,23-,25+/m0/s1. The highest BCUT2D eigenvalue weighted by molar-refractivity contribution is 5.93. The van der Waals surface area contributed by atoms with Gasteiger partial charge in [0, 0.05) is 64.2 Å². The molecule has 2 aliphatic heterocycles. The molecular formula is C29H40N8O4. The number of hydrogen-bond donors (Lipinski definition) is 4. The second-order valence-corrected chi connectivity index (χ2v) is 10.9.